The molecule has 0 amide bonds. The van der Waals surface area contributed by atoms with E-state index in [-0.39, 0.29) is 0 Å². The SMILES string of the molecule is CCCNC(CCCc1ccccc1)c1csc(C)n1. The summed E-state index contributed by atoms with van der Waals surface area (Å²) in [5, 5.41) is 6.99. The maximum Gasteiger partial charge on any atom is 0.0898 e. The lowest BCUT2D eigenvalue weighted by molar-refractivity contribution is 0.476. The summed E-state index contributed by atoms with van der Waals surface area (Å²) in [6, 6.07) is 11.1. The van der Waals surface area contributed by atoms with Crippen molar-refractivity contribution in [2.75, 3.05) is 6.54 Å². The van der Waals surface area contributed by atoms with E-state index in [1.807, 2.05) is 0 Å². The molecule has 3 heteroatoms. The first-order chi connectivity index (χ1) is 9.79. The molecule has 0 bridgehead atoms. The van der Waals surface area contributed by atoms with Crippen LogP contribution in [0.1, 0.15) is 48.5 Å². The first-order valence-electron chi connectivity index (χ1n) is 7.49. The zero-order valence-electron chi connectivity index (χ0n) is 12.4. The third-order valence-corrected chi connectivity index (χ3v) is 4.23. The maximum absolute atomic E-state index is 4.65. The normalized spacial score (nSPS) is 12.5. The number of nitrogens with one attached hydrogen (secondary N) is 1. The largest absolute Gasteiger partial charge is 0.309 e. The minimum absolute atomic E-state index is 0.406. The van der Waals surface area contributed by atoms with Gasteiger partial charge in [-0.3, -0.25) is 0 Å². The minimum Gasteiger partial charge on any atom is -0.309 e. The van der Waals surface area contributed by atoms with Gasteiger partial charge in [-0.05, 0) is 44.7 Å². The van der Waals surface area contributed by atoms with Gasteiger partial charge in [0.1, 0.15) is 0 Å². The van der Waals surface area contributed by atoms with Gasteiger partial charge < -0.3 is 5.32 Å². The average molecular weight is 288 g/mol. The molecule has 0 radical (unpaired) electrons. The third-order valence-electron chi connectivity index (χ3n) is 3.44. The quantitative estimate of drug-likeness (QED) is 0.772. The van der Waals surface area contributed by atoms with Crippen molar-refractivity contribution < 1.29 is 0 Å². The second kappa shape index (κ2) is 8.18. The second-order valence-electron chi connectivity index (χ2n) is 5.18. The van der Waals surface area contributed by atoms with Crippen molar-refractivity contribution in [2.45, 2.75) is 45.6 Å². The highest BCUT2D eigenvalue weighted by molar-refractivity contribution is 7.09. The van der Waals surface area contributed by atoms with E-state index < -0.39 is 0 Å². The van der Waals surface area contributed by atoms with Crippen molar-refractivity contribution in [1.29, 1.82) is 0 Å². The van der Waals surface area contributed by atoms with Crippen LogP contribution in [0.5, 0.6) is 0 Å². The van der Waals surface area contributed by atoms with E-state index in [0.29, 0.717) is 6.04 Å². The average Bonchev–Trinajstić information content (AvgIpc) is 2.90. The van der Waals surface area contributed by atoms with Gasteiger partial charge in [0, 0.05) is 5.38 Å². The van der Waals surface area contributed by atoms with Crippen LogP contribution in [0.3, 0.4) is 0 Å². The van der Waals surface area contributed by atoms with Crippen LogP contribution in [0.2, 0.25) is 0 Å². The molecular formula is C17H24N2S. The Balaban J connectivity index is 1.87. The summed E-state index contributed by atoms with van der Waals surface area (Å²) < 4.78 is 0. The molecule has 0 aliphatic carbocycles. The van der Waals surface area contributed by atoms with E-state index in [9.17, 15) is 0 Å². The standard InChI is InChI=1S/C17H24N2S/c1-3-12-18-16(17-13-20-14(2)19-17)11-7-10-15-8-5-4-6-9-15/h4-6,8-9,13,16,18H,3,7,10-12H2,1-2H3. The molecule has 0 saturated heterocycles. The highest BCUT2D eigenvalue weighted by atomic mass is 32.1. The fraction of sp³-hybridized carbons (Fsp3) is 0.471. The highest BCUT2D eigenvalue weighted by Gasteiger charge is 2.13. The summed E-state index contributed by atoms with van der Waals surface area (Å²) in [5.74, 6) is 0. The topological polar surface area (TPSA) is 24.9 Å². The Morgan fingerprint density at radius 1 is 1.25 bits per heavy atom. The molecule has 0 fully saturated rings. The van der Waals surface area contributed by atoms with Gasteiger partial charge in [-0.15, -0.1) is 11.3 Å². The predicted octanol–water partition coefficient (Wildman–Crippen LogP) is 4.52. The molecule has 1 unspecified atom stereocenters. The Hall–Kier alpha value is -1.19. The zero-order valence-corrected chi connectivity index (χ0v) is 13.2. The fourth-order valence-electron chi connectivity index (χ4n) is 2.37. The van der Waals surface area contributed by atoms with Crippen molar-refractivity contribution >= 4 is 11.3 Å². The van der Waals surface area contributed by atoms with Crippen LogP contribution in [0, 0.1) is 6.92 Å². The van der Waals surface area contributed by atoms with Crippen LogP contribution in [0.4, 0.5) is 0 Å². The highest BCUT2D eigenvalue weighted by Crippen LogP contribution is 2.21. The number of benzene rings is 1. The van der Waals surface area contributed by atoms with Gasteiger partial charge in [0.05, 0.1) is 16.7 Å². The number of nitrogens with zero attached hydrogens (tertiary/aromatic N) is 1. The molecule has 1 N–H and O–H groups in total. The molecule has 108 valence electrons. The van der Waals surface area contributed by atoms with E-state index in [2.05, 4.69) is 59.9 Å². The first kappa shape index (κ1) is 15.2. The Morgan fingerprint density at radius 2 is 2.05 bits per heavy atom. The van der Waals surface area contributed by atoms with Gasteiger partial charge in [-0.25, -0.2) is 4.98 Å². The Labute approximate surface area is 126 Å². The molecule has 2 rings (SSSR count). The van der Waals surface area contributed by atoms with Crippen molar-refractivity contribution in [3.8, 4) is 0 Å². The number of aromatic nitrogens is 1. The van der Waals surface area contributed by atoms with E-state index in [1.54, 1.807) is 11.3 Å². The van der Waals surface area contributed by atoms with E-state index >= 15 is 0 Å². The summed E-state index contributed by atoms with van der Waals surface area (Å²) in [7, 11) is 0. The molecule has 2 aromatic rings. The number of rotatable bonds is 8. The van der Waals surface area contributed by atoms with Crippen LogP contribution in [0.25, 0.3) is 0 Å². The van der Waals surface area contributed by atoms with Crippen LogP contribution in [0.15, 0.2) is 35.7 Å². The zero-order chi connectivity index (χ0) is 14.2. The number of hydrogen-bond donors (Lipinski definition) is 1. The summed E-state index contributed by atoms with van der Waals surface area (Å²) in [4.78, 5) is 4.65. The van der Waals surface area contributed by atoms with Gasteiger partial charge in [-0.1, -0.05) is 37.3 Å². The van der Waals surface area contributed by atoms with E-state index in [0.717, 1.165) is 30.8 Å². The summed E-state index contributed by atoms with van der Waals surface area (Å²) in [6.07, 6.45) is 4.66. The van der Waals surface area contributed by atoms with Gasteiger partial charge in [0.2, 0.25) is 0 Å². The molecule has 1 aromatic carbocycles. The summed E-state index contributed by atoms with van der Waals surface area (Å²) >= 11 is 1.74. The Bertz CT molecular complexity index is 493. The second-order valence-corrected chi connectivity index (χ2v) is 6.24. The van der Waals surface area contributed by atoms with Crippen LogP contribution >= 0.6 is 11.3 Å². The number of aryl methyl sites for hydroxylation is 2. The monoisotopic (exact) mass is 288 g/mol. The number of thiazole rings is 1. The van der Waals surface area contributed by atoms with Gasteiger partial charge >= 0.3 is 0 Å². The number of hydrogen-bond acceptors (Lipinski definition) is 3. The molecule has 20 heavy (non-hydrogen) atoms. The first-order valence-corrected chi connectivity index (χ1v) is 8.37. The van der Waals surface area contributed by atoms with Crippen molar-refractivity contribution in [2.24, 2.45) is 0 Å². The minimum atomic E-state index is 0.406. The molecular weight excluding hydrogens is 264 g/mol. The van der Waals surface area contributed by atoms with Crippen LogP contribution in [-0.2, 0) is 6.42 Å². The van der Waals surface area contributed by atoms with Gasteiger partial charge in [-0.2, -0.15) is 0 Å². The van der Waals surface area contributed by atoms with Gasteiger partial charge in [0.25, 0.3) is 0 Å². The van der Waals surface area contributed by atoms with Gasteiger partial charge in [0.15, 0.2) is 0 Å². The lowest BCUT2D eigenvalue weighted by Gasteiger charge is -2.16. The Kier molecular flexibility index (Phi) is 6.22. The smallest absolute Gasteiger partial charge is 0.0898 e. The predicted molar refractivity (Wildman–Crippen MR) is 87.3 cm³/mol. The lowest BCUT2D eigenvalue weighted by Crippen LogP contribution is -2.22. The van der Waals surface area contributed by atoms with E-state index in [1.165, 1.54) is 17.7 Å². The molecule has 0 spiro atoms. The molecule has 0 saturated carbocycles. The van der Waals surface area contributed by atoms with Crippen molar-refractivity contribution in [3.05, 3.63) is 52.0 Å². The third kappa shape index (κ3) is 4.73. The molecule has 0 aliphatic rings. The maximum atomic E-state index is 4.65. The lowest BCUT2D eigenvalue weighted by atomic mass is 10.0. The fourth-order valence-corrected chi connectivity index (χ4v) is 3.03. The Morgan fingerprint density at radius 3 is 2.70 bits per heavy atom. The molecule has 2 nitrogen and oxygen atoms in total. The van der Waals surface area contributed by atoms with E-state index in [4.69, 9.17) is 0 Å². The summed E-state index contributed by atoms with van der Waals surface area (Å²) in [6.45, 7) is 5.35. The summed E-state index contributed by atoms with van der Waals surface area (Å²) in [5.41, 5.74) is 2.64. The van der Waals surface area contributed by atoms with Crippen molar-refractivity contribution in [3.63, 3.8) is 0 Å². The molecule has 1 heterocycles. The molecule has 1 atom stereocenters. The van der Waals surface area contributed by atoms with Crippen LogP contribution < -0.4 is 5.32 Å². The molecule has 1 aromatic heterocycles. The van der Waals surface area contributed by atoms with Crippen LogP contribution in [-0.4, -0.2) is 11.5 Å². The molecule has 0 aliphatic heterocycles. The van der Waals surface area contributed by atoms with Crippen molar-refractivity contribution in [1.82, 2.24) is 10.3 Å².